The van der Waals surface area contributed by atoms with Gasteiger partial charge in [-0.15, -0.1) is 0 Å². The van der Waals surface area contributed by atoms with Crippen molar-refractivity contribution in [2.45, 2.75) is 13.8 Å². The topological polar surface area (TPSA) is 38.7 Å². The average molecular weight is 238 g/mol. The molecule has 82 valence electrons. The number of aryl methyl sites for hydroxylation is 1. The Morgan fingerprint density at radius 3 is 2.69 bits per heavy atom. The molecule has 0 bridgehead atoms. The predicted octanol–water partition coefficient (Wildman–Crippen LogP) is 2.95. The average Bonchev–Trinajstić information content (AvgIpc) is 2.24. The Labute approximate surface area is 97.3 Å². The maximum Gasteiger partial charge on any atom is 0.150 e. The van der Waals surface area contributed by atoms with Crippen LogP contribution in [0.5, 0.6) is 0 Å². The van der Waals surface area contributed by atoms with Crippen molar-refractivity contribution in [3.05, 3.63) is 40.8 Å². The minimum absolute atomic E-state index is 0.346. The molecule has 0 radical (unpaired) electrons. The van der Waals surface area contributed by atoms with E-state index in [1.54, 1.807) is 19.9 Å². The molecule has 0 unspecified atom stereocenters. The summed E-state index contributed by atoms with van der Waals surface area (Å²) in [6.45, 7) is 3.48. The molecular formula is C11H9ClFN3. The molecule has 0 fully saturated rings. The molecule has 0 saturated carbocycles. The standard InChI is InChI=1S/C11H9ClFN3/c1-6-10(15-7(2)16-11(6)12)8-3-4-14-5-9(8)13/h3-5H,1-2H3. The molecular weight excluding hydrogens is 229 g/mol. The van der Waals surface area contributed by atoms with E-state index in [0.717, 1.165) is 6.20 Å². The largest absolute Gasteiger partial charge is 0.262 e. The lowest BCUT2D eigenvalue weighted by atomic mass is 10.1. The molecule has 0 atom stereocenters. The van der Waals surface area contributed by atoms with E-state index in [4.69, 9.17) is 11.6 Å². The lowest BCUT2D eigenvalue weighted by Gasteiger charge is -2.07. The normalized spacial score (nSPS) is 10.5. The summed E-state index contributed by atoms with van der Waals surface area (Å²) in [6.07, 6.45) is 2.67. The monoisotopic (exact) mass is 237 g/mol. The number of pyridine rings is 1. The third-order valence-electron chi connectivity index (χ3n) is 2.23. The Bertz CT molecular complexity index is 543. The van der Waals surface area contributed by atoms with Gasteiger partial charge in [-0.3, -0.25) is 4.98 Å². The summed E-state index contributed by atoms with van der Waals surface area (Å²) < 4.78 is 13.6. The second-order valence-corrected chi connectivity index (χ2v) is 3.75. The van der Waals surface area contributed by atoms with Crippen LogP contribution < -0.4 is 0 Å². The molecule has 0 aliphatic carbocycles. The van der Waals surface area contributed by atoms with Gasteiger partial charge in [0.25, 0.3) is 0 Å². The number of rotatable bonds is 1. The third-order valence-corrected chi connectivity index (χ3v) is 2.59. The summed E-state index contributed by atoms with van der Waals surface area (Å²) in [4.78, 5) is 11.9. The first-order valence-corrected chi connectivity index (χ1v) is 5.08. The molecule has 0 amide bonds. The van der Waals surface area contributed by atoms with Crippen LogP contribution in [0.4, 0.5) is 4.39 Å². The maximum absolute atomic E-state index is 13.6. The van der Waals surface area contributed by atoms with Gasteiger partial charge < -0.3 is 0 Å². The van der Waals surface area contributed by atoms with Gasteiger partial charge in [0.15, 0.2) is 5.82 Å². The van der Waals surface area contributed by atoms with Crippen LogP contribution in [0, 0.1) is 19.7 Å². The van der Waals surface area contributed by atoms with Gasteiger partial charge in [0.2, 0.25) is 0 Å². The van der Waals surface area contributed by atoms with E-state index < -0.39 is 5.82 Å². The Balaban J connectivity index is 2.69. The van der Waals surface area contributed by atoms with Crippen molar-refractivity contribution in [3.63, 3.8) is 0 Å². The zero-order valence-corrected chi connectivity index (χ0v) is 9.59. The molecule has 0 N–H and O–H groups in total. The van der Waals surface area contributed by atoms with E-state index >= 15 is 0 Å². The van der Waals surface area contributed by atoms with Gasteiger partial charge in [-0.1, -0.05) is 11.6 Å². The number of hydrogen-bond acceptors (Lipinski definition) is 3. The van der Waals surface area contributed by atoms with Crippen molar-refractivity contribution in [3.8, 4) is 11.3 Å². The van der Waals surface area contributed by atoms with Gasteiger partial charge in [-0.25, -0.2) is 14.4 Å². The fraction of sp³-hybridized carbons (Fsp3) is 0.182. The first-order chi connectivity index (χ1) is 7.59. The van der Waals surface area contributed by atoms with Gasteiger partial charge >= 0.3 is 0 Å². The van der Waals surface area contributed by atoms with Crippen molar-refractivity contribution in [1.82, 2.24) is 15.0 Å². The Hall–Kier alpha value is -1.55. The SMILES string of the molecule is Cc1nc(Cl)c(C)c(-c2ccncc2F)n1. The van der Waals surface area contributed by atoms with Crippen molar-refractivity contribution < 1.29 is 4.39 Å². The van der Waals surface area contributed by atoms with Crippen molar-refractivity contribution >= 4 is 11.6 Å². The van der Waals surface area contributed by atoms with E-state index in [1.165, 1.54) is 6.20 Å². The van der Waals surface area contributed by atoms with Crippen LogP contribution in [0.15, 0.2) is 18.5 Å². The summed E-state index contributed by atoms with van der Waals surface area (Å²) in [7, 11) is 0. The van der Waals surface area contributed by atoms with Crippen LogP contribution in [0.2, 0.25) is 5.15 Å². The smallest absolute Gasteiger partial charge is 0.150 e. The molecule has 2 rings (SSSR count). The van der Waals surface area contributed by atoms with E-state index in [0.29, 0.717) is 27.8 Å². The Morgan fingerprint density at radius 2 is 2.00 bits per heavy atom. The lowest BCUT2D eigenvalue weighted by Crippen LogP contribution is -1.98. The highest BCUT2D eigenvalue weighted by atomic mass is 35.5. The maximum atomic E-state index is 13.6. The fourth-order valence-corrected chi connectivity index (χ4v) is 1.64. The summed E-state index contributed by atoms with van der Waals surface area (Å²) in [6, 6.07) is 1.57. The predicted molar refractivity (Wildman–Crippen MR) is 59.7 cm³/mol. The van der Waals surface area contributed by atoms with Crippen LogP contribution >= 0.6 is 11.6 Å². The lowest BCUT2D eigenvalue weighted by molar-refractivity contribution is 0.624. The molecule has 3 nitrogen and oxygen atoms in total. The van der Waals surface area contributed by atoms with Gasteiger partial charge in [-0.2, -0.15) is 0 Å². The van der Waals surface area contributed by atoms with Crippen LogP contribution in [0.25, 0.3) is 11.3 Å². The van der Waals surface area contributed by atoms with Crippen molar-refractivity contribution in [1.29, 1.82) is 0 Å². The van der Waals surface area contributed by atoms with E-state index in [1.807, 2.05) is 0 Å². The number of nitrogens with zero attached hydrogens (tertiary/aromatic N) is 3. The summed E-state index contributed by atoms with van der Waals surface area (Å²) in [5.74, 6) is 0.0987. The third kappa shape index (κ3) is 1.88. The van der Waals surface area contributed by atoms with Crippen LogP contribution in [0.3, 0.4) is 0 Å². The van der Waals surface area contributed by atoms with Gasteiger partial charge in [0, 0.05) is 17.3 Å². The van der Waals surface area contributed by atoms with E-state index in [2.05, 4.69) is 15.0 Å². The number of halogens is 2. The molecule has 5 heteroatoms. The van der Waals surface area contributed by atoms with Gasteiger partial charge in [-0.05, 0) is 19.9 Å². The first-order valence-electron chi connectivity index (χ1n) is 4.70. The molecule has 0 aliphatic rings. The van der Waals surface area contributed by atoms with E-state index in [-0.39, 0.29) is 0 Å². The molecule has 0 aromatic carbocycles. The minimum atomic E-state index is -0.417. The number of aromatic nitrogens is 3. The Kier molecular flexibility index (Phi) is 2.83. The summed E-state index contributed by atoms with van der Waals surface area (Å²) in [5.41, 5.74) is 1.56. The van der Waals surface area contributed by atoms with Gasteiger partial charge in [0.1, 0.15) is 11.0 Å². The van der Waals surface area contributed by atoms with Crippen LogP contribution in [0.1, 0.15) is 11.4 Å². The molecule has 0 spiro atoms. The van der Waals surface area contributed by atoms with Gasteiger partial charge in [0.05, 0.1) is 11.9 Å². The Morgan fingerprint density at radius 1 is 1.25 bits per heavy atom. The number of hydrogen-bond donors (Lipinski definition) is 0. The fourth-order valence-electron chi connectivity index (χ4n) is 1.42. The molecule has 2 heterocycles. The van der Waals surface area contributed by atoms with Crippen LogP contribution in [-0.4, -0.2) is 15.0 Å². The minimum Gasteiger partial charge on any atom is -0.262 e. The van der Waals surface area contributed by atoms with E-state index in [9.17, 15) is 4.39 Å². The first kappa shape index (κ1) is 11.0. The van der Waals surface area contributed by atoms with Crippen LogP contribution in [-0.2, 0) is 0 Å². The highest BCUT2D eigenvalue weighted by molar-refractivity contribution is 6.30. The zero-order valence-electron chi connectivity index (χ0n) is 8.83. The van der Waals surface area contributed by atoms with Crippen molar-refractivity contribution in [2.75, 3.05) is 0 Å². The molecule has 2 aromatic heterocycles. The molecule has 0 aliphatic heterocycles. The van der Waals surface area contributed by atoms with Crippen molar-refractivity contribution in [2.24, 2.45) is 0 Å². The quantitative estimate of drug-likeness (QED) is 0.716. The second kappa shape index (κ2) is 4.14. The summed E-state index contributed by atoms with van der Waals surface area (Å²) in [5, 5.41) is 0.346. The highest BCUT2D eigenvalue weighted by Gasteiger charge is 2.12. The zero-order chi connectivity index (χ0) is 11.7. The molecule has 0 saturated heterocycles. The second-order valence-electron chi connectivity index (χ2n) is 3.39. The highest BCUT2D eigenvalue weighted by Crippen LogP contribution is 2.26. The molecule has 16 heavy (non-hydrogen) atoms. The summed E-state index contributed by atoms with van der Waals surface area (Å²) >= 11 is 5.93. The molecule has 2 aromatic rings.